The number of unbranched alkanes of at least 4 members (excludes halogenated alkanes) is 10. The largest absolute Gasteiger partial charge is 0.748 e. The molecule has 0 bridgehead atoms. The van der Waals surface area contributed by atoms with Gasteiger partial charge in [-0.05, 0) is 25.7 Å². The SMILES string of the molecule is CCCCCCCCCCCC[NH+](C)CCCCS(=O)(=O)[O-]. The van der Waals surface area contributed by atoms with Crippen molar-refractivity contribution in [3.63, 3.8) is 0 Å². The Hall–Kier alpha value is -0.130. The lowest BCUT2D eigenvalue weighted by Gasteiger charge is -2.14. The Morgan fingerprint density at radius 1 is 0.727 bits per heavy atom. The monoisotopic (exact) mass is 335 g/mol. The maximum absolute atomic E-state index is 10.5. The lowest BCUT2D eigenvalue weighted by atomic mass is 10.1. The van der Waals surface area contributed by atoms with Gasteiger partial charge in [0.2, 0.25) is 0 Å². The van der Waals surface area contributed by atoms with Crippen LogP contribution < -0.4 is 4.90 Å². The minimum absolute atomic E-state index is 0.210. The summed E-state index contributed by atoms with van der Waals surface area (Å²) in [4.78, 5) is 1.45. The average Bonchev–Trinajstić information content (AvgIpc) is 2.44. The van der Waals surface area contributed by atoms with Crippen LogP contribution in [0.15, 0.2) is 0 Å². The molecular formula is C17H37NO3S. The van der Waals surface area contributed by atoms with E-state index < -0.39 is 10.1 Å². The first-order valence-corrected chi connectivity index (χ1v) is 10.8. The molecule has 0 saturated carbocycles. The maximum atomic E-state index is 10.5. The Balaban J connectivity index is 3.23. The van der Waals surface area contributed by atoms with Gasteiger partial charge in [0.25, 0.3) is 0 Å². The van der Waals surface area contributed by atoms with Crippen molar-refractivity contribution in [2.45, 2.75) is 84.0 Å². The summed E-state index contributed by atoms with van der Waals surface area (Å²) in [5, 5.41) is 0. The summed E-state index contributed by atoms with van der Waals surface area (Å²) in [5.41, 5.74) is 0. The number of rotatable bonds is 16. The summed E-state index contributed by atoms with van der Waals surface area (Å²) in [6.07, 6.45) is 14.9. The smallest absolute Gasteiger partial charge is 0.0945 e. The molecule has 22 heavy (non-hydrogen) atoms. The van der Waals surface area contributed by atoms with Crippen LogP contribution in [-0.4, -0.2) is 38.9 Å². The van der Waals surface area contributed by atoms with Gasteiger partial charge in [-0.3, -0.25) is 0 Å². The lowest BCUT2D eigenvalue weighted by Crippen LogP contribution is -3.09. The van der Waals surface area contributed by atoms with Gasteiger partial charge in [-0.1, -0.05) is 58.3 Å². The highest BCUT2D eigenvalue weighted by Gasteiger charge is 2.03. The first-order valence-electron chi connectivity index (χ1n) is 9.20. The van der Waals surface area contributed by atoms with Gasteiger partial charge in [0, 0.05) is 5.75 Å². The quantitative estimate of drug-likeness (QED) is 0.348. The molecule has 1 unspecified atom stereocenters. The molecular weight excluding hydrogens is 298 g/mol. The number of quaternary nitrogens is 1. The molecule has 0 heterocycles. The normalized spacial score (nSPS) is 13.4. The van der Waals surface area contributed by atoms with E-state index in [-0.39, 0.29) is 5.75 Å². The van der Waals surface area contributed by atoms with Gasteiger partial charge in [0.05, 0.1) is 30.3 Å². The first kappa shape index (κ1) is 21.9. The fraction of sp³-hybridized carbons (Fsp3) is 1.00. The average molecular weight is 336 g/mol. The summed E-state index contributed by atoms with van der Waals surface area (Å²) < 4.78 is 31.5. The van der Waals surface area contributed by atoms with E-state index in [0.29, 0.717) is 6.42 Å². The third-order valence-electron chi connectivity index (χ3n) is 4.20. The Kier molecular flexibility index (Phi) is 14.4. The summed E-state index contributed by atoms with van der Waals surface area (Å²) in [6.45, 7) is 4.37. The highest BCUT2D eigenvalue weighted by molar-refractivity contribution is 7.85. The number of hydrogen-bond donors (Lipinski definition) is 1. The number of hydrogen-bond acceptors (Lipinski definition) is 3. The lowest BCUT2D eigenvalue weighted by molar-refractivity contribution is -0.880. The molecule has 0 aromatic rings. The van der Waals surface area contributed by atoms with E-state index >= 15 is 0 Å². The standard InChI is InChI=1S/C17H37NO3S/c1-3-4-5-6-7-8-9-10-11-12-15-18(2)16-13-14-17-22(19,20)21/h3-17H2,1-2H3,(H,19,20,21). The van der Waals surface area contributed by atoms with Gasteiger partial charge in [0.1, 0.15) is 0 Å². The van der Waals surface area contributed by atoms with E-state index in [1.807, 2.05) is 0 Å². The van der Waals surface area contributed by atoms with Crippen LogP contribution in [0.5, 0.6) is 0 Å². The third-order valence-corrected chi connectivity index (χ3v) is 4.99. The molecule has 0 radical (unpaired) electrons. The van der Waals surface area contributed by atoms with Gasteiger partial charge < -0.3 is 9.45 Å². The zero-order valence-corrected chi connectivity index (χ0v) is 15.6. The van der Waals surface area contributed by atoms with Gasteiger partial charge in [-0.25, -0.2) is 8.42 Å². The van der Waals surface area contributed by atoms with Crippen LogP contribution in [-0.2, 0) is 10.1 Å². The van der Waals surface area contributed by atoms with E-state index in [2.05, 4.69) is 14.0 Å². The second-order valence-electron chi connectivity index (χ2n) is 6.61. The molecule has 1 atom stereocenters. The van der Waals surface area contributed by atoms with Crippen LogP contribution >= 0.6 is 0 Å². The van der Waals surface area contributed by atoms with Gasteiger partial charge in [0.15, 0.2) is 0 Å². The Labute approximate surface area is 138 Å². The van der Waals surface area contributed by atoms with Crippen molar-refractivity contribution in [2.75, 3.05) is 25.9 Å². The van der Waals surface area contributed by atoms with Crippen LogP contribution in [0.2, 0.25) is 0 Å². The Bertz CT molecular complexity index is 331. The van der Waals surface area contributed by atoms with E-state index in [4.69, 9.17) is 0 Å². The van der Waals surface area contributed by atoms with Crippen molar-refractivity contribution in [1.29, 1.82) is 0 Å². The fourth-order valence-corrected chi connectivity index (χ4v) is 3.30. The Morgan fingerprint density at radius 2 is 1.14 bits per heavy atom. The van der Waals surface area contributed by atoms with E-state index in [1.54, 1.807) is 0 Å². The second-order valence-corrected chi connectivity index (χ2v) is 8.13. The molecule has 134 valence electrons. The predicted molar refractivity (Wildman–Crippen MR) is 92.3 cm³/mol. The molecule has 0 fully saturated rings. The molecule has 4 nitrogen and oxygen atoms in total. The third kappa shape index (κ3) is 17.9. The van der Waals surface area contributed by atoms with Gasteiger partial charge >= 0.3 is 0 Å². The van der Waals surface area contributed by atoms with Crippen LogP contribution in [0.4, 0.5) is 0 Å². The van der Waals surface area contributed by atoms with Gasteiger partial charge in [-0.15, -0.1) is 0 Å². The molecule has 0 aliphatic heterocycles. The molecule has 0 rings (SSSR count). The number of nitrogens with one attached hydrogen (secondary N) is 1. The molecule has 1 N–H and O–H groups in total. The molecule has 0 aliphatic carbocycles. The van der Waals surface area contributed by atoms with Crippen molar-refractivity contribution in [3.05, 3.63) is 0 Å². The van der Waals surface area contributed by atoms with E-state index in [9.17, 15) is 13.0 Å². The van der Waals surface area contributed by atoms with Crippen molar-refractivity contribution in [3.8, 4) is 0 Å². The van der Waals surface area contributed by atoms with Crippen LogP contribution in [0.3, 0.4) is 0 Å². The van der Waals surface area contributed by atoms with Crippen molar-refractivity contribution in [2.24, 2.45) is 0 Å². The maximum Gasteiger partial charge on any atom is 0.0945 e. The zero-order chi connectivity index (χ0) is 16.7. The summed E-state index contributed by atoms with van der Waals surface area (Å²) in [6, 6.07) is 0. The fourth-order valence-electron chi connectivity index (χ4n) is 2.74. The molecule has 0 saturated heterocycles. The zero-order valence-electron chi connectivity index (χ0n) is 14.7. The highest BCUT2D eigenvalue weighted by Crippen LogP contribution is 2.09. The molecule has 0 amide bonds. The van der Waals surface area contributed by atoms with Crippen molar-refractivity contribution < 1.29 is 17.9 Å². The summed E-state index contributed by atoms with van der Waals surface area (Å²) >= 11 is 0. The van der Waals surface area contributed by atoms with Crippen LogP contribution in [0, 0.1) is 0 Å². The minimum atomic E-state index is -4.02. The molecule has 0 aromatic heterocycles. The minimum Gasteiger partial charge on any atom is -0.748 e. The molecule has 0 aromatic carbocycles. The van der Waals surface area contributed by atoms with E-state index in [1.165, 1.54) is 69.1 Å². The van der Waals surface area contributed by atoms with Crippen LogP contribution in [0.1, 0.15) is 84.0 Å². The topological polar surface area (TPSA) is 61.6 Å². The van der Waals surface area contributed by atoms with Crippen LogP contribution in [0.25, 0.3) is 0 Å². The molecule has 5 heteroatoms. The van der Waals surface area contributed by atoms with Crippen molar-refractivity contribution in [1.82, 2.24) is 0 Å². The summed E-state index contributed by atoms with van der Waals surface area (Å²) in [7, 11) is -1.87. The molecule has 0 spiro atoms. The van der Waals surface area contributed by atoms with E-state index in [0.717, 1.165) is 19.5 Å². The first-order chi connectivity index (χ1) is 10.5. The predicted octanol–water partition coefficient (Wildman–Crippen LogP) is 2.75. The highest BCUT2D eigenvalue weighted by atomic mass is 32.2. The molecule has 0 aliphatic rings. The summed E-state index contributed by atoms with van der Waals surface area (Å²) in [5.74, 6) is -0.210. The van der Waals surface area contributed by atoms with Crippen molar-refractivity contribution >= 4 is 10.1 Å². The second kappa shape index (κ2) is 14.5. The Morgan fingerprint density at radius 3 is 1.59 bits per heavy atom. The van der Waals surface area contributed by atoms with Gasteiger partial charge in [-0.2, -0.15) is 0 Å².